The van der Waals surface area contributed by atoms with Crippen molar-refractivity contribution in [1.82, 2.24) is 4.98 Å². The van der Waals surface area contributed by atoms with Crippen molar-refractivity contribution in [3.05, 3.63) is 47.3 Å². The van der Waals surface area contributed by atoms with Gasteiger partial charge in [0.1, 0.15) is 11.6 Å². The summed E-state index contributed by atoms with van der Waals surface area (Å²) in [5, 5.41) is 7.75. The van der Waals surface area contributed by atoms with E-state index >= 15 is 0 Å². The van der Waals surface area contributed by atoms with Crippen LogP contribution < -0.4 is 10.5 Å². The SMILES string of the molecule is COc1ccccc1Sc1cc(C)nc(C)c1C(=N)N. The van der Waals surface area contributed by atoms with E-state index in [4.69, 9.17) is 15.9 Å². The third kappa shape index (κ3) is 2.93. The predicted molar refractivity (Wildman–Crippen MR) is 81.8 cm³/mol. The van der Waals surface area contributed by atoms with E-state index in [1.54, 1.807) is 7.11 Å². The topological polar surface area (TPSA) is 72.0 Å². The molecule has 0 saturated heterocycles. The van der Waals surface area contributed by atoms with Gasteiger partial charge < -0.3 is 10.5 Å². The number of aromatic nitrogens is 1. The molecule has 0 aliphatic heterocycles. The largest absolute Gasteiger partial charge is 0.496 e. The Morgan fingerprint density at radius 2 is 1.95 bits per heavy atom. The van der Waals surface area contributed by atoms with Gasteiger partial charge in [-0.15, -0.1) is 0 Å². The normalized spacial score (nSPS) is 10.3. The van der Waals surface area contributed by atoms with Crippen molar-refractivity contribution < 1.29 is 4.74 Å². The average molecular weight is 287 g/mol. The predicted octanol–water partition coefficient (Wildman–Crippen LogP) is 3.14. The van der Waals surface area contributed by atoms with Gasteiger partial charge in [0.15, 0.2) is 0 Å². The molecule has 104 valence electrons. The molecule has 20 heavy (non-hydrogen) atoms. The van der Waals surface area contributed by atoms with Crippen LogP contribution in [0.1, 0.15) is 17.0 Å². The highest BCUT2D eigenvalue weighted by Crippen LogP contribution is 2.37. The summed E-state index contributed by atoms with van der Waals surface area (Å²) >= 11 is 1.54. The number of benzene rings is 1. The van der Waals surface area contributed by atoms with Crippen LogP contribution in [0.2, 0.25) is 0 Å². The van der Waals surface area contributed by atoms with Crippen LogP contribution in [0.4, 0.5) is 0 Å². The molecule has 4 nitrogen and oxygen atoms in total. The quantitative estimate of drug-likeness (QED) is 0.669. The summed E-state index contributed by atoms with van der Waals surface area (Å²) in [6.07, 6.45) is 0. The molecule has 0 spiro atoms. The Morgan fingerprint density at radius 1 is 1.25 bits per heavy atom. The van der Waals surface area contributed by atoms with Crippen molar-refractivity contribution >= 4 is 17.6 Å². The van der Waals surface area contributed by atoms with E-state index in [9.17, 15) is 0 Å². The molecule has 0 fully saturated rings. The van der Waals surface area contributed by atoms with Crippen LogP contribution in [0.3, 0.4) is 0 Å². The highest BCUT2D eigenvalue weighted by atomic mass is 32.2. The lowest BCUT2D eigenvalue weighted by molar-refractivity contribution is 0.405. The lowest BCUT2D eigenvalue weighted by Crippen LogP contribution is -2.15. The summed E-state index contributed by atoms with van der Waals surface area (Å²) in [5.41, 5.74) is 8.06. The number of nitrogens with one attached hydrogen (secondary N) is 1. The Balaban J connectivity index is 2.50. The highest BCUT2D eigenvalue weighted by Gasteiger charge is 2.14. The first kappa shape index (κ1) is 14.4. The zero-order chi connectivity index (χ0) is 14.7. The van der Waals surface area contributed by atoms with Crippen molar-refractivity contribution in [1.29, 1.82) is 5.41 Å². The van der Waals surface area contributed by atoms with Gasteiger partial charge in [-0.25, -0.2) is 0 Å². The molecule has 1 aromatic carbocycles. The average Bonchev–Trinajstić information content (AvgIpc) is 2.38. The number of pyridine rings is 1. The number of rotatable bonds is 4. The van der Waals surface area contributed by atoms with Gasteiger partial charge in [0.2, 0.25) is 0 Å². The Hall–Kier alpha value is -2.01. The minimum atomic E-state index is 0.0346. The minimum absolute atomic E-state index is 0.0346. The van der Waals surface area contributed by atoms with Crippen molar-refractivity contribution in [3.63, 3.8) is 0 Å². The second kappa shape index (κ2) is 5.96. The van der Waals surface area contributed by atoms with E-state index in [1.165, 1.54) is 11.8 Å². The fraction of sp³-hybridized carbons (Fsp3) is 0.200. The molecule has 0 aliphatic rings. The van der Waals surface area contributed by atoms with E-state index in [-0.39, 0.29) is 5.84 Å². The van der Waals surface area contributed by atoms with Crippen LogP contribution in [-0.4, -0.2) is 17.9 Å². The molecule has 0 unspecified atom stereocenters. The number of ether oxygens (including phenoxy) is 1. The van der Waals surface area contributed by atoms with Gasteiger partial charge in [0, 0.05) is 16.3 Å². The van der Waals surface area contributed by atoms with Crippen LogP contribution in [0.15, 0.2) is 40.1 Å². The maximum absolute atomic E-state index is 7.75. The van der Waals surface area contributed by atoms with Gasteiger partial charge in [-0.05, 0) is 32.0 Å². The third-order valence-electron chi connectivity index (χ3n) is 2.85. The summed E-state index contributed by atoms with van der Waals surface area (Å²) < 4.78 is 5.36. The molecule has 0 bridgehead atoms. The van der Waals surface area contributed by atoms with Crippen LogP contribution in [-0.2, 0) is 0 Å². The second-order valence-corrected chi connectivity index (χ2v) is 5.47. The molecule has 0 aliphatic carbocycles. The number of amidine groups is 1. The number of nitrogens with two attached hydrogens (primary N) is 1. The Kier molecular flexibility index (Phi) is 4.29. The molecular weight excluding hydrogens is 270 g/mol. The molecule has 0 radical (unpaired) electrons. The monoisotopic (exact) mass is 287 g/mol. The molecular formula is C15H17N3OS. The lowest BCUT2D eigenvalue weighted by atomic mass is 10.1. The van der Waals surface area contributed by atoms with E-state index in [1.807, 2.05) is 44.2 Å². The molecule has 5 heteroatoms. The zero-order valence-corrected chi connectivity index (χ0v) is 12.5. The number of nitrogen functional groups attached to an aromatic ring is 1. The van der Waals surface area contributed by atoms with Crippen LogP contribution in [0, 0.1) is 19.3 Å². The van der Waals surface area contributed by atoms with E-state index in [0.717, 1.165) is 26.9 Å². The number of aryl methyl sites for hydroxylation is 2. The molecule has 0 amide bonds. The van der Waals surface area contributed by atoms with Gasteiger partial charge in [-0.2, -0.15) is 0 Å². The van der Waals surface area contributed by atoms with Crippen molar-refractivity contribution in [3.8, 4) is 5.75 Å². The lowest BCUT2D eigenvalue weighted by Gasteiger charge is -2.13. The summed E-state index contributed by atoms with van der Waals surface area (Å²) in [6.45, 7) is 3.80. The van der Waals surface area contributed by atoms with Crippen molar-refractivity contribution in [2.24, 2.45) is 5.73 Å². The number of nitrogens with zero attached hydrogens (tertiary/aromatic N) is 1. The van der Waals surface area contributed by atoms with Gasteiger partial charge in [0.05, 0.1) is 17.6 Å². The minimum Gasteiger partial charge on any atom is -0.496 e. The maximum Gasteiger partial charge on any atom is 0.132 e. The standard InChI is InChI=1S/C15H17N3OS/c1-9-8-13(14(15(16)17)10(2)18-9)20-12-7-5-4-6-11(12)19-3/h4-8H,1-3H3,(H3,16,17). The van der Waals surface area contributed by atoms with Crippen LogP contribution >= 0.6 is 11.8 Å². The van der Waals surface area contributed by atoms with Crippen molar-refractivity contribution in [2.75, 3.05) is 7.11 Å². The number of hydrogen-bond donors (Lipinski definition) is 2. The van der Waals surface area contributed by atoms with E-state index < -0.39 is 0 Å². The van der Waals surface area contributed by atoms with Gasteiger partial charge in [-0.3, -0.25) is 10.4 Å². The molecule has 3 N–H and O–H groups in total. The van der Waals surface area contributed by atoms with Crippen LogP contribution in [0.5, 0.6) is 5.75 Å². The van der Waals surface area contributed by atoms with Crippen molar-refractivity contribution in [2.45, 2.75) is 23.6 Å². The Morgan fingerprint density at radius 3 is 2.60 bits per heavy atom. The molecule has 0 saturated carbocycles. The first-order valence-electron chi connectivity index (χ1n) is 6.16. The molecule has 0 atom stereocenters. The highest BCUT2D eigenvalue weighted by molar-refractivity contribution is 7.99. The maximum atomic E-state index is 7.75. The van der Waals surface area contributed by atoms with Gasteiger partial charge in [-0.1, -0.05) is 23.9 Å². The molecule has 2 aromatic rings. The van der Waals surface area contributed by atoms with E-state index in [2.05, 4.69) is 4.98 Å². The molecule has 2 rings (SSSR count). The zero-order valence-electron chi connectivity index (χ0n) is 11.7. The molecule has 1 heterocycles. The summed E-state index contributed by atoms with van der Waals surface area (Å²) in [7, 11) is 1.65. The number of para-hydroxylation sites is 1. The summed E-state index contributed by atoms with van der Waals surface area (Å²) in [4.78, 5) is 6.29. The molecule has 1 aromatic heterocycles. The van der Waals surface area contributed by atoms with Crippen LogP contribution in [0.25, 0.3) is 0 Å². The van der Waals surface area contributed by atoms with Gasteiger partial charge in [0.25, 0.3) is 0 Å². The van der Waals surface area contributed by atoms with Gasteiger partial charge >= 0.3 is 0 Å². The summed E-state index contributed by atoms with van der Waals surface area (Å²) in [6, 6.07) is 9.73. The number of hydrogen-bond acceptors (Lipinski definition) is 4. The smallest absolute Gasteiger partial charge is 0.132 e. The fourth-order valence-corrected chi connectivity index (χ4v) is 3.25. The third-order valence-corrected chi connectivity index (χ3v) is 3.95. The Labute approximate surface area is 122 Å². The first-order valence-corrected chi connectivity index (χ1v) is 6.98. The first-order chi connectivity index (χ1) is 9.52. The Bertz CT molecular complexity index is 656. The second-order valence-electron chi connectivity index (χ2n) is 4.39. The fourth-order valence-electron chi connectivity index (χ4n) is 2.02. The number of methoxy groups -OCH3 is 1. The van der Waals surface area contributed by atoms with E-state index in [0.29, 0.717) is 5.56 Å². The summed E-state index contributed by atoms with van der Waals surface area (Å²) in [5.74, 6) is 0.839.